The molecule has 43 heavy (non-hydrogen) atoms. The Balaban J connectivity index is 1.60. The average molecular weight is 641 g/mol. The number of hydrogen-bond donors (Lipinski definition) is 2. The third-order valence-electron chi connectivity index (χ3n) is 6.83. The number of aryl methyl sites for hydroxylation is 1. The van der Waals surface area contributed by atoms with Crippen LogP contribution < -0.4 is 15.0 Å². The van der Waals surface area contributed by atoms with Crippen molar-refractivity contribution < 1.29 is 41.0 Å². The number of piperazine rings is 1. The van der Waals surface area contributed by atoms with Crippen LogP contribution in [0.4, 0.5) is 18.3 Å². The minimum absolute atomic E-state index is 0.0333. The van der Waals surface area contributed by atoms with Crippen LogP contribution >= 0.6 is 11.3 Å². The van der Waals surface area contributed by atoms with Crippen LogP contribution in [0.2, 0.25) is 0 Å². The van der Waals surface area contributed by atoms with Crippen molar-refractivity contribution in [2.75, 3.05) is 24.5 Å². The predicted octanol–water partition coefficient (Wildman–Crippen LogP) is 4.54. The Morgan fingerprint density at radius 2 is 1.70 bits per heavy atom. The van der Waals surface area contributed by atoms with Crippen molar-refractivity contribution in [1.82, 2.24) is 14.6 Å². The van der Waals surface area contributed by atoms with E-state index in [1.54, 1.807) is 11.8 Å². The Kier molecular flexibility index (Phi) is 9.09. The zero-order valence-corrected chi connectivity index (χ0v) is 25.4. The Morgan fingerprint density at radius 3 is 2.23 bits per heavy atom. The van der Waals surface area contributed by atoms with Crippen molar-refractivity contribution in [2.24, 2.45) is 0 Å². The quantitative estimate of drug-likeness (QED) is 0.367. The van der Waals surface area contributed by atoms with Gasteiger partial charge in [0, 0.05) is 26.2 Å². The third kappa shape index (κ3) is 7.64. The fourth-order valence-electron chi connectivity index (χ4n) is 4.54. The second kappa shape index (κ2) is 12.1. The molecule has 1 aliphatic heterocycles. The molecule has 4 rings (SSSR count). The molecular weight excluding hydrogens is 609 g/mol. The number of nitrogens with zero attached hydrogens (tertiary/aromatic N) is 3. The summed E-state index contributed by atoms with van der Waals surface area (Å²) in [4.78, 5) is 30.8. The van der Waals surface area contributed by atoms with Crippen molar-refractivity contribution in [3.63, 3.8) is 0 Å². The maximum Gasteiger partial charge on any atom is 0.573 e. The molecule has 0 saturated carbocycles. The van der Waals surface area contributed by atoms with E-state index in [4.69, 9.17) is 0 Å². The van der Waals surface area contributed by atoms with Gasteiger partial charge in [0.2, 0.25) is 15.9 Å². The summed E-state index contributed by atoms with van der Waals surface area (Å²) in [5.74, 6) is -2.33. The lowest BCUT2D eigenvalue weighted by atomic mass is 9.87. The number of anilines is 1. The van der Waals surface area contributed by atoms with E-state index in [9.17, 15) is 36.3 Å². The summed E-state index contributed by atoms with van der Waals surface area (Å²) in [6.45, 7) is 7.70. The fraction of sp³-hybridized carbons (Fsp3) is 0.393. The second-order valence-corrected chi connectivity index (χ2v) is 13.8. The number of rotatable bonds is 8. The van der Waals surface area contributed by atoms with Gasteiger partial charge in [0.15, 0.2) is 5.13 Å². The second-order valence-electron chi connectivity index (χ2n) is 11.0. The molecule has 1 amide bonds. The molecule has 1 unspecified atom stereocenters. The van der Waals surface area contributed by atoms with Gasteiger partial charge in [-0.25, -0.2) is 18.2 Å². The first-order valence-corrected chi connectivity index (χ1v) is 15.4. The number of benzene rings is 2. The van der Waals surface area contributed by atoms with Crippen molar-refractivity contribution in [2.45, 2.75) is 57.0 Å². The molecule has 2 aromatic carbocycles. The van der Waals surface area contributed by atoms with E-state index in [0.29, 0.717) is 10.8 Å². The van der Waals surface area contributed by atoms with E-state index in [2.05, 4.69) is 35.8 Å². The van der Waals surface area contributed by atoms with E-state index in [0.717, 1.165) is 51.0 Å². The monoisotopic (exact) mass is 640 g/mol. The third-order valence-corrected chi connectivity index (χ3v) is 9.96. The topological polar surface area (TPSA) is 129 Å². The number of aromatic carboxylic acids is 1. The van der Waals surface area contributed by atoms with Crippen LogP contribution in [0, 0.1) is 6.92 Å². The summed E-state index contributed by atoms with van der Waals surface area (Å²) >= 11 is 0.922. The van der Waals surface area contributed by atoms with Crippen molar-refractivity contribution in [1.29, 1.82) is 0 Å². The number of nitrogens with one attached hydrogen (secondary N) is 1. The Morgan fingerprint density at radius 1 is 1.07 bits per heavy atom. The minimum Gasteiger partial charge on any atom is -0.477 e. The number of halogens is 3. The molecule has 232 valence electrons. The summed E-state index contributed by atoms with van der Waals surface area (Å²) in [5.41, 5.74) is 2.14. The van der Waals surface area contributed by atoms with E-state index < -0.39 is 40.1 Å². The number of thiazole rings is 1. The SMILES string of the molecule is Cc1nc(N2CCN(S(=O)(=O)c3ccc(OC(F)(F)F)cc3)C(C(=O)NCc3ccc(C(C)(C)C)cc3)C2)sc1C(=O)O. The number of hydrogen-bond acceptors (Lipinski definition) is 8. The first-order valence-electron chi connectivity index (χ1n) is 13.2. The number of carboxylic acid groups (broad SMARTS) is 1. The number of carbonyl (C=O) groups excluding carboxylic acids is 1. The summed E-state index contributed by atoms with van der Waals surface area (Å²) < 4.78 is 69.9. The molecule has 2 N–H and O–H groups in total. The van der Waals surface area contributed by atoms with E-state index in [-0.39, 0.29) is 41.4 Å². The summed E-state index contributed by atoms with van der Waals surface area (Å²) in [5, 5.41) is 12.6. The lowest BCUT2D eigenvalue weighted by molar-refractivity contribution is -0.274. The molecule has 0 radical (unpaired) electrons. The zero-order valence-electron chi connectivity index (χ0n) is 23.8. The number of aromatic nitrogens is 1. The molecule has 15 heteroatoms. The van der Waals surface area contributed by atoms with Gasteiger partial charge in [-0.05, 0) is 47.7 Å². The molecule has 1 atom stereocenters. The highest BCUT2D eigenvalue weighted by molar-refractivity contribution is 7.89. The van der Waals surface area contributed by atoms with Crippen LogP contribution in [0.5, 0.6) is 5.75 Å². The largest absolute Gasteiger partial charge is 0.573 e. The van der Waals surface area contributed by atoms with Gasteiger partial charge in [-0.2, -0.15) is 4.31 Å². The number of alkyl halides is 3. The number of ether oxygens (including phenoxy) is 1. The number of carboxylic acids is 1. The van der Waals surface area contributed by atoms with Gasteiger partial charge in [-0.3, -0.25) is 4.79 Å². The minimum atomic E-state index is -4.94. The summed E-state index contributed by atoms with van der Waals surface area (Å²) in [7, 11) is -4.35. The Bertz CT molecular complexity index is 1580. The summed E-state index contributed by atoms with van der Waals surface area (Å²) in [6.07, 6.45) is -4.94. The zero-order chi connectivity index (χ0) is 31.7. The molecule has 0 aliphatic carbocycles. The Labute approximate surface area is 251 Å². The number of sulfonamides is 1. The molecular formula is C28H31F3N4O6S2. The van der Waals surface area contributed by atoms with E-state index in [1.807, 2.05) is 24.3 Å². The molecule has 3 aromatic rings. The molecule has 0 spiro atoms. The fourth-order valence-corrected chi connectivity index (χ4v) is 7.05. The maximum atomic E-state index is 13.7. The van der Waals surface area contributed by atoms with Crippen LogP contribution in [0.3, 0.4) is 0 Å². The lowest BCUT2D eigenvalue weighted by Crippen LogP contribution is -2.60. The van der Waals surface area contributed by atoms with E-state index in [1.165, 1.54) is 0 Å². The Hall–Kier alpha value is -3.69. The van der Waals surface area contributed by atoms with Crippen molar-refractivity contribution in [3.8, 4) is 5.75 Å². The highest BCUT2D eigenvalue weighted by atomic mass is 32.2. The van der Waals surface area contributed by atoms with E-state index >= 15 is 0 Å². The van der Waals surface area contributed by atoms with Crippen molar-refractivity contribution in [3.05, 3.63) is 70.2 Å². The average Bonchev–Trinajstić information content (AvgIpc) is 3.32. The van der Waals surface area contributed by atoms with Crippen LogP contribution in [0.1, 0.15) is 47.3 Å². The highest BCUT2D eigenvalue weighted by Gasteiger charge is 2.41. The van der Waals surface area contributed by atoms with Crippen LogP contribution in [-0.2, 0) is 26.8 Å². The van der Waals surface area contributed by atoms with Gasteiger partial charge in [-0.1, -0.05) is 56.4 Å². The van der Waals surface area contributed by atoms with Gasteiger partial charge >= 0.3 is 12.3 Å². The summed E-state index contributed by atoms with van der Waals surface area (Å²) in [6, 6.07) is 10.1. The molecule has 10 nitrogen and oxygen atoms in total. The van der Waals surface area contributed by atoms with Gasteiger partial charge in [0.05, 0.1) is 10.6 Å². The smallest absolute Gasteiger partial charge is 0.477 e. The maximum absolute atomic E-state index is 13.7. The standard InChI is InChI=1S/C28H31F3N4O6S2/c1-17-23(25(37)38)42-26(33-17)34-13-14-35(43(39,40)21-11-9-20(10-12-21)41-28(29,30)31)22(16-34)24(36)32-15-18-5-7-19(8-6-18)27(2,3)4/h5-12,22H,13-16H2,1-4H3,(H,32,36)(H,37,38). The number of amides is 1. The van der Waals surface area contributed by atoms with Gasteiger partial charge < -0.3 is 20.1 Å². The molecule has 0 bridgehead atoms. The van der Waals surface area contributed by atoms with Gasteiger partial charge in [0.25, 0.3) is 0 Å². The van der Waals surface area contributed by atoms with Gasteiger partial charge in [-0.15, -0.1) is 13.2 Å². The molecule has 1 aromatic heterocycles. The normalized spacial score (nSPS) is 16.6. The first-order chi connectivity index (χ1) is 20.0. The first kappa shape index (κ1) is 32.2. The van der Waals surface area contributed by atoms with Gasteiger partial charge in [0.1, 0.15) is 16.7 Å². The van der Waals surface area contributed by atoms with Crippen LogP contribution in [0.25, 0.3) is 0 Å². The van der Waals surface area contributed by atoms with Crippen LogP contribution in [-0.4, -0.2) is 66.7 Å². The lowest BCUT2D eigenvalue weighted by Gasteiger charge is -2.39. The number of carbonyl (C=O) groups is 2. The molecule has 2 heterocycles. The molecule has 1 fully saturated rings. The van der Waals surface area contributed by atoms with Crippen molar-refractivity contribution >= 4 is 38.4 Å². The van der Waals surface area contributed by atoms with Crippen LogP contribution in [0.15, 0.2) is 53.4 Å². The molecule has 1 aliphatic rings. The predicted molar refractivity (Wildman–Crippen MR) is 154 cm³/mol. The highest BCUT2D eigenvalue weighted by Crippen LogP contribution is 2.31. The molecule has 1 saturated heterocycles.